The highest BCUT2D eigenvalue weighted by Gasteiger charge is 2.26. The number of halogens is 1. The first-order chi connectivity index (χ1) is 15.0. The molecule has 0 aliphatic carbocycles. The summed E-state index contributed by atoms with van der Waals surface area (Å²) in [4.78, 5) is 16.6. The summed E-state index contributed by atoms with van der Waals surface area (Å²) in [5, 5.41) is 8.80. The van der Waals surface area contributed by atoms with Crippen molar-refractivity contribution in [3.8, 4) is 17.0 Å². The van der Waals surface area contributed by atoms with Crippen LogP contribution in [0.15, 0.2) is 60.7 Å². The number of nitrogens with zero attached hydrogens (tertiary/aromatic N) is 4. The number of hydrogen-bond donors (Lipinski definition) is 0. The van der Waals surface area contributed by atoms with Gasteiger partial charge in [-0.1, -0.05) is 30.3 Å². The fourth-order valence-corrected chi connectivity index (χ4v) is 3.71. The summed E-state index contributed by atoms with van der Waals surface area (Å²) in [5.41, 5.74) is 3.08. The van der Waals surface area contributed by atoms with E-state index >= 15 is 0 Å². The van der Waals surface area contributed by atoms with E-state index in [1.807, 2.05) is 30.3 Å². The van der Waals surface area contributed by atoms with Crippen molar-refractivity contribution < 1.29 is 13.9 Å². The van der Waals surface area contributed by atoms with E-state index in [2.05, 4.69) is 28.1 Å². The lowest BCUT2D eigenvalue weighted by Gasteiger charge is -2.36. The molecule has 7 heteroatoms. The molecule has 1 amide bonds. The third-order valence-electron chi connectivity index (χ3n) is 5.44. The molecule has 160 valence electrons. The topological polar surface area (TPSA) is 58.6 Å². The van der Waals surface area contributed by atoms with Gasteiger partial charge in [-0.2, -0.15) is 0 Å². The van der Waals surface area contributed by atoms with E-state index in [1.165, 1.54) is 12.1 Å². The minimum atomic E-state index is -0.679. The van der Waals surface area contributed by atoms with Crippen LogP contribution in [0.5, 0.6) is 5.75 Å². The van der Waals surface area contributed by atoms with Gasteiger partial charge < -0.3 is 14.5 Å². The van der Waals surface area contributed by atoms with Gasteiger partial charge in [0.2, 0.25) is 0 Å². The van der Waals surface area contributed by atoms with Crippen LogP contribution in [0, 0.1) is 12.7 Å². The fraction of sp³-hybridized carbons (Fsp3) is 0.292. The van der Waals surface area contributed by atoms with Gasteiger partial charge in [0.25, 0.3) is 5.91 Å². The van der Waals surface area contributed by atoms with Crippen molar-refractivity contribution in [2.24, 2.45) is 0 Å². The summed E-state index contributed by atoms with van der Waals surface area (Å²) in [6.07, 6.45) is -0.679. The quantitative estimate of drug-likeness (QED) is 0.630. The standard InChI is InChI=1S/C24H25FN4O2/c1-17-6-3-4-9-21(17)22-10-11-23(27-26-22)28-12-14-29(15-13-28)24(30)18(2)31-20-8-5-7-19(25)16-20/h3-11,16,18H,12-15H2,1-2H3. The van der Waals surface area contributed by atoms with E-state index in [-0.39, 0.29) is 11.7 Å². The van der Waals surface area contributed by atoms with Crippen LogP contribution in [0.2, 0.25) is 0 Å². The number of benzene rings is 2. The molecular weight excluding hydrogens is 395 g/mol. The third-order valence-corrected chi connectivity index (χ3v) is 5.44. The largest absolute Gasteiger partial charge is 0.481 e. The molecule has 1 saturated heterocycles. The summed E-state index contributed by atoms with van der Waals surface area (Å²) in [5.74, 6) is 0.655. The molecular formula is C24H25FN4O2. The van der Waals surface area contributed by atoms with Crippen molar-refractivity contribution in [2.75, 3.05) is 31.1 Å². The Morgan fingerprint density at radius 2 is 1.77 bits per heavy atom. The molecule has 0 saturated carbocycles. The highest BCUT2D eigenvalue weighted by molar-refractivity contribution is 5.81. The van der Waals surface area contributed by atoms with Gasteiger partial charge in [0.1, 0.15) is 11.6 Å². The maximum absolute atomic E-state index is 13.3. The zero-order valence-corrected chi connectivity index (χ0v) is 17.7. The molecule has 2 aromatic carbocycles. The number of anilines is 1. The molecule has 1 aromatic heterocycles. The third kappa shape index (κ3) is 4.82. The molecule has 2 heterocycles. The van der Waals surface area contributed by atoms with E-state index in [1.54, 1.807) is 24.0 Å². The summed E-state index contributed by atoms with van der Waals surface area (Å²) < 4.78 is 18.9. The smallest absolute Gasteiger partial charge is 0.263 e. The number of piperazine rings is 1. The van der Waals surface area contributed by atoms with Gasteiger partial charge in [-0.3, -0.25) is 4.79 Å². The Kier molecular flexibility index (Phi) is 6.11. The average molecular weight is 420 g/mol. The van der Waals surface area contributed by atoms with Gasteiger partial charge in [0.05, 0.1) is 5.69 Å². The molecule has 1 atom stereocenters. The van der Waals surface area contributed by atoms with E-state index in [4.69, 9.17) is 4.74 Å². The number of rotatable bonds is 5. The Morgan fingerprint density at radius 1 is 1.00 bits per heavy atom. The van der Waals surface area contributed by atoms with Gasteiger partial charge in [-0.15, -0.1) is 10.2 Å². The summed E-state index contributed by atoms with van der Waals surface area (Å²) in [6.45, 7) is 6.21. The number of aromatic nitrogens is 2. The van der Waals surface area contributed by atoms with Crippen molar-refractivity contribution in [1.29, 1.82) is 0 Å². The minimum Gasteiger partial charge on any atom is -0.481 e. The zero-order valence-electron chi connectivity index (χ0n) is 17.7. The van der Waals surface area contributed by atoms with Crippen molar-refractivity contribution >= 4 is 11.7 Å². The van der Waals surface area contributed by atoms with Crippen molar-refractivity contribution in [1.82, 2.24) is 15.1 Å². The number of hydrogen-bond acceptors (Lipinski definition) is 5. The van der Waals surface area contributed by atoms with Crippen molar-refractivity contribution in [3.05, 3.63) is 72.0 Å². The van der Waals surface area contributed by atoms with Crippen LogP contribution >= 0.6 is 0 Å². The Bertz CT molecular complexity index is 1050. The van der Waals surface area contributed by atoms with Gasteiger partial charge in [0, 0.05) is 37.8 Å². The number of amides is 1. The van der Waals surface area contributed by atoms with Crippen LogP contribution in [0.3, 0.4) is 0 Å². The second-order valence-electron chi connectivity index (χ2n) is 7.62. The average Bonchev–Trinajstić information content (AvgIpc) is 2.79. The summed E-state index contributed by atoms with van der Waals surface area (Å²) in [7, 11) is 0. The lowest BCUT2D eigenvalue weighted by Crippen LogP contribution is -2.52. The minimum absolute atomic E-state index is 0.107. The number of carbonyl (C=O) groups excluding carboxylic acids is 1. The van der Waals surface area contributed by atoms with Gasteiger partial charge in [0.15, 0.2) is 11.9 Å². The number of aryl methyl sites for hydroxylation is 1. The predicted octanol–water partition coefficient (Wildman–Crippen LogP) is 3.71. The Balaban J connectivity index is 1.34. The molecule has 1 aliphatic rings. The highest BCUT2D eigenvalue weighted by atomic mass is 19.1. The second-order valence-corrected chi connectivity index (χ2v) is 7.62. The molecule has 31 heavy (non-hydrogen) atoms. The zero-order chi connectivity index (χ0) is 21.8. The lowest BCUT2D eigenvalue weighted by molar-refractivity contribution is -0.138. The van der Waals surface area contributed by atoms with E-state index < -0.39 is 6.10 Å². The van der Waals surface area contributed by atoms with E-state index in [0.29, 0.717) is 31.9 Å². The Morgan fingerprint density at radius 3 is 2.45 bits per heavy atom. The van der Waals surface area contributed by atoms with Crippen molar-refractivity contribution in [3.63, 3.8) is 0 Å². The number of ether oxygens (including phenoxy) is 1. The molecule has 6 nitrogen and oxygen atoms in total. The van der Waals surface area contributed by atoms with Crippen LogP contribution in [0.25, 0.3) is 11.3 Å². The normalized spacial score (nSPS) is 14.9. The fourth-order valence-electron chi connectivity index (χ4n) is 3.71. The van der Waals surface area contributed by atoms with E-state index in [0.717, 1.165) is 22.6 Å². The molecule has 0 bridgehead atoms. The highest BCUT2D eigenvalue weighted by Crippen LogP contribution is 2.22. The van der Waals surface area contributed by atoms with Crippen LogP contribution in [0.1, 0.15) is 12.5 Å². The molecule has 1 unspecified atom stereocenters. The second kappa shape index (κ2) is 9.12. The maximum Gasteiger partial charge on any atom is 0.263 e. The van der Waals surface area contributed by atoms with Crippen molar-refractivity contribution in [2.45, 2.75) is 20.0 Å². The van der Waals surface area contributed by atoms with Crippen LogP contribution in [0.4, 0.5) is 10.2 Å². The Hall–Kier alpha value is -3.48. The van der Waals surface area contributed by atoms with Gasteiger partial charge in [-0.25, -0.2) is 4.39 Å². The lowest BCUT2D eigenvalue weighted by atomic mass is 10.1. The molecule has 0 spiro atoms. The Labute approximate surface area is 181 Å². The SMILES string of the molecule is Cc1ccccc1-c1ccc(N2CCN(C(=O)C(C)Oc3cccc(F)c3)CC2)nn1. The van der Waals surface area contributed by atoms with Crippen LogP contribution < -0.4 is 9.64 Å². The van der Waals surface area contributed by atoms with Gasteiger partial charge >= 0.3 is 0 Å². The van der Waals surface area contributed by atoms with Crippen LogP contribution in [-0.2, 0) is 4.79 Å². The molecule has 3 aromatic rings. The summed E-state index contributed by atoms with van der Waals surface area (Å²) in [6, 6.07) is 17.9. The first kappa shape index (κ1) is 20.8. The summed E-state index contributed by atoms with van der Waals surface area (Å²) >= 11 is 0. The molecule has 0 N–H and O–H groups in total. The predicted molar refractivity (Wildman–Crippen MR) is 117 cm³/mol. The first-order valence-electron chi connectivity index (χ1n) is 10.4. The first-order valence-corrected chi connectivity index (χ1v) is 10.4. The molecule has 4 rings (SSSR count). The van der Waals surface area contributed by atoms with Crippen LogP contribution in [-0.4, -0.2) is 53.3 Å². The molecule has 0 radical (unpaired) electrons. The van der Waals surface area contributed by atoms with E-state index in [9.17, 15) is 9.18 Å². The van der Waals surface area contributed by atoms with Gasteiger partial charge in [-0.05, 0) is 43.7 Å². The molecule has 1 fully saturated rings. The monoisotopic (exact) mass is 420 g/mol. The maximum atomic E-state index is 13.3. The molecule has 1 aliphatic heterocycles. The number of carbonyl (C=O) groups is 1.